The molecule has 0 amide bonds. The quantitative estimate of drug-likeness (QED) is 0.801. The van der Waals surface area contributed by atoms with E-state index >= 15 is 0 Å². The molecular weight excluding hydrogens is 396 g/mol. The molecule has 2 rings (SSSR count). The van der Waals surface area contributed by atoms with E-state index in [-0.39, 0.29) is 24.6 Å². The fraction of sp³-hybridized carbons (Fsp3) is 0.600. The number of halogens is 4. The van der Waals surface area contributed by atoms with E-state index in [0.717, 1.165) is 12.1 Å². The summed E-state index contributed by atoms with van der Waals surface area (Å²) in [6.07, 6.45) is -0.847. The average molecular weight is 417 g/mol. The van der Waals surface area contributed by atoms with E-state index in [1.807, 2.05) is 13.8 Å². The second kappa shape index (κ2) is 8.58. The summed E-state index contributed by atoms with van der Waals surface area (Å²) in [5.41, 5.74) is -0.187. The molecule has 23 heavy (non-hydrogen) atoms. The van der Waals surface area contributed by atoms with E-state index in [4.69, 9.17) is 9.47 Å². The highest BCUT2D eigenvalue weighted by Gasteiger charge is 2.31. The Labute approximate surface area is 149 Å². The number of aliphatic hydroxyl groups is 1. The molecule has 1 unspecified atom stereocenters. The number of hydrogen-bond acceptors (Lipinski definition) is 4. The zero-order chi connectivity index (χ0) is 16.3. The number of morpholine rings is 1. The van der Waals surface area contributed by atoms with Crippen LogP contribution in [0.5, 0.6) is 5.75 Å². The van der Waals surface area contributed by atoms with E-state index < -0.39 is 23.5 Å². The molecule has 8 heteroatoms. The van der Waals surface area contributed by atoms with Gasteiger partial charge in [0.15, 0.2) is 17.4 Å². The van der Waals surface area contributed by atoms with Crippen LogP contribution >= 0.6 is 28.3 Å². The molecule has 0 aliphatic carbocycles. The summed E-state index contributed by atoms with van der Waals surface area (Å²) >= 11 is 3.00. The van der Waals surface area contributed by atoms with E-state index in [1.165, 1.54) is 0 Å². The van der Waals surface area contributed by atoms with Gasteiger partial charge in [-0.05, 0) is 26.0 Å². The molecule has 0 aromatic heterocycles. The van der Waals surface area contributed by atoms with Gasteiger partial charge in [-0.15, -0.1) is 12.4 Å². The van der Waals surface area contributed by atoms with E-state index in [9.17, 15) is 13.9 Å². The van der Waals surface area contributed by atoms with Crippen LogP contribution in [0.25, 0.3) is 0 Å². The molecule has 0 spiro atoms. The van der Waals surface area contributed by atoms with Gasteiger partial charge in [0.25, 0.3) is 0 Å². The molecule has 0 radical (unpaired) electrons. The van der Waals surface area contributed by atoms with Crippen LogP contribution < -0.4 is 4.74 Å². The van der Waals surface area contributed by atoms with Gasteiger partial charge in [-0.2, -0.15) is 0 Å². The number of nitrogens with zero attached hydrogens (tertiary/aromatic N) is 1. The van der Waals surface area contributed by atoms with E-state index in [2.05, 4.69) is 20.8 Å². The molecule has 1 aromatic rings. The van der Waals surface area contributed by atoms with Gasteiger partial charge in [-0.3, -0.25) is 4.90 Å². The van der Waals surface area contributed by atoms with Crippen molar-refractivity contribution in [1.29, 1.82) is 0 Å². The first kappa shape index (κ1) is 20.6. The summed E-state index contributed by atoms with van der Waals surface area (Å²) in [4.78, 5) is 2.08. The third-order valence-corrected chi connectivity index (χ3v) is 4.09. The van der Waals surface area contributed by atoms with Crippen molar-refractivity contribution in [1.82, 2.24) is 4.90 Å². The monoisotopic (exact) mass is 415 g/mol. The van der Waals surface area contributed by atoms with Crippen LogP contribution in [0.1, 0.15) is 13.8 Å². The largest absolute Gasteiger partial charge is 0.485 e. The van der Waals surface area contributed by atoms with Gasteiger partial charge in [0.2, 0.25) is 0 Å². The maximum atomic E-state index is 13.6. The van der Waals surface area contributed by atoms with Crippen LogP contribution in [-0.2, 0) is 4.74 Å². The molecule has 1 fully saturated rings. The molecule has 0 saturated carbocycles. The Morgan fingerprint density at radius 2 is 2.00 bits per heavy atom. The zero-order valence-corrected chi connectivity index (χ0v) is 15.4. The summed E-state index contributed by atoms with van der Waals surface area (Å²) in [7, 11) is 0. The van der Waals surface area contributed by atoms with Crippen molar-refractivity contribution in [2.75, 3.05) is 32.9 Å². The summed E-state index contributed by atoms with van der Waals surface area (Å²) in [6, 6.07) is 2.24. The Balaban J connectivity index is 0.00000264. The summed E-state index contributed by atoms with van der Waals surface area (Å²) in [5, 5.41) is 10.1. The minimum absolute atomic E-state index is 0. The van der Waals surface area contributed by atoms with E-state index in [1.54, 1.807) is 0 Å². The van der Waals surface area contributed by atoms with Crippen molar-refractivity contribution in [3.63, 3.8) is 0 Å². The van der Waals surface area contributed by atoms with Crippen LogP contribution in [0.3, 0.4) is 0 Å². The Bertz CT molecular complexity index is 510. The van der Waals surface area contributed by atoms with Crippen molar-refractivity contribution < 1.29 is 23.4 Å². The topological polar surface area (TPSA) is 41.9 Å². The zero-order valence-electron chi connectivity index (χ0n) is 13.0. The lowest BCUT2D eigenvalue weighted by Crippen LogP contribution is -2.55. The van der Waals surface area contributed by atoms with E-state index in [0.29, 0.717) is 30.8 Å². The number of rotatable bonds is 5. The molecule has 1 aliphatic rings. The molecule has 1 aliphatic heterocycles. The van der Waals surface area contributed by atoms with Crippen molar-refractivity contribution in [3.05, 3.63) is 28.2 Å². The van der Waals surface area contributed by atoms with Gasteiger partial charge in [-0.25, -0.2) is 8.78 Å². The lowest BCUT2D eigenvalue weighted by Gasteiger charge is -2.42. The number of aliphatic hydroxyl groups excluding tert-OH is 1. The molecule has 1 aromatic carbocycles. The minimum atomic E-state index is -0.847. The highest BCUT2D eigenvalue weighted by molar-refractivity contribution is 9.10. The fourth-order valence-corrected chi connectivity index (χ4v) is 2.78. The molecule has 1 N–H and O–H groups in total. The van der Waals surface area contributed by atoms with Gasteiger partial charge < -0.3 is 14.6 Å². The normalized spacial score (nSPS) is 19.0. The average Bonchev–Trinajstić information content (AvgIpc) is 2.40. The van der Waals surface area contributed by atoms with Crippen LogP contribution in [0.2, 0.25) is 0 Å². The Morgan fingerprint density at radius 3 is 2.57 bits per heavy atom. The third-order valence-electron chi connectivity index (χ3n) is 3.63. The van der Waals surface area contributed by atoms with Crippen LogP contribution in [-0.4, -0.2) is 54.6 Å². The number of benzene rings is 1. The predicted octanol–water partition coefficient (Wildman–Crippen LogP) is 3.00. The highest BCUT2D eigenvalue weighted by atomic mass is 79.9. The van der Waals surface area contributed by atoms with Crippen molar-refractivity contribution >= 4 is 28.3 Å². The molecular formula is C15H21BrClF2NO3. The SMILES string of the molecule is CC1(C)COCCN1CC(O)COc1c(F)cc(Br)cc1F.Cl. The van der Waals surface area contributed by atoms with Crippen LogP contribution in [0.4, 0.5) is 8.78 Å². The molecule has 0 bridgehead atoms. The highest BCUT2D eigenvalue weighted by Crippen LogP contribution is 2.26. The van der Waals surface area contributed by atoms with Crippen LogP contribution in [0, 0.1) is 11.6 Å². The summed E-state index contributed by atoms with van der Waals surface area (Å²) in [6.45, 7) is 6.11. The first-order chi connectivity index (χ1) is 10.3. The molecule has 132 valence electrons. The molecule has 1 saturated heterocycles. The summed E-state index contributed by atoms with van der Waals surface area (Å²) < 4.78 is 38.1. The fourth-order valence-electron chi connectivity index (χ4n) is 2.38. The van der Waals surface area contributed by atoms with Gasteiger partial charge in [0.1, 0.15) is 12.7 Å². The van der Waals surface area contributed by atoms with Gasteiger partial charge in [0.05, 0.1) is 13.2 Å². The lowest BCUT2D eigenvalue weighted by atomic mass is 10.0. The standard InChI is InChI=1S/C15H20BrF2NO3.ClH/c1-15(2)9-21-4-3-19(15)7-11(20)8-22-14-12(17)5-10(16)6-13(14)18;/h5-6,11,20H,3-4,7-9H2,1-2H3;1H. The van der Waals surface area contributed by atoms with Gasteiger partial charge in [0, 0.05) is 23.1 Å². The number of β-amino-alcohol motifs (C(OH)–C–C–N with tert-alkyl or cyclic N) is 1. The van der Waals surface area contributed by atoms with Crippen LogP contribution in [0.15, 0.2) is 16.6 Å². The minimum Gasteiger partial charge on any atom is -0.485 e. The lowest BCUT2D eigenvalue weighted by molar-refractivity contribution is -0.0705. The molecule has 4 nitrogen and oxygen atoms in total. The Hall–Kier alpha value is -0.470. The second-order valence-corrected chi connectivity index (χ2v) is 6.89. The second-order valence-electron chi connectivity index (χ2n) is 5.97. The van der Waals surface area contributed by atoms with Crippen molar-refractivity contribution in [2.24, 2.45) is 0 Å². The van der Waals surface area contributed by atoms with Crippen molar-refractivity contribution in [3.8, 4) is 5.75 Å². The smallest absolute Gasteiger partial charge is 0.190 e. The van der Waals surface area contributed by atoms with Crippen molar-refractivity contribution in [2.45, 2.75) is 25.5 Å². The summed E-state index contributed by atoms with van der Waals surface area (Å²) in [5.74, 6) is -2.07. The molecule has 1 heterocycles. The van der Waals surface area contributed by atoms with Gasteiger partial charge >= 0.3 is 0 Å². The molecule has 1 atom stereocenters. The number of hydrogen-bond donors (Lipinski definition) is 1. The first-order valence-electron chi connectivity index (χ1n) is 7.08. The van der Waals surface area contributed by atoms with Gasteiger partial charge in [-0.1, -0.05) is 15.9 Å². The number of ether oxygens (including phenoxy) is 2. The maximum Gasteiger partial charge on any atom is 0.190 e. The predicted molar refractivity (Wildman–Crippen MR) is 89.3 cm³/mol. The Morgan fingerprint density at radius 1 is 1.39 bits per heavy atom. The Kier molecular flexibility index (Phi) is 7.67. The maximum absolute atomic E-state index is 13.6. The first-order valence-corrected chi connectivity index (χ1v) is 7.87. The third kappa shape index (κ3) is 5.53.